The second kappa shape index (κ2) is 10.8. The molecule has 0 bridgehead atoms. The van der Waals surface area contributed by atoms with Crippen LogP contribution in [0.5, 0.6) is 5.75 Å². The van der Waals surface area contributed by atoms with Gasteiger partial charge in [-0.3, -0.25) is 4.79 Å². The first-order valence-electron chi connectivity index (χ1n) is 13.6. The van der Waals surface area contributed by atoms with Gasteiger partial charge in [-0.1, -0.05) is 0 Å². The highest BCUT2D eigenvalue weighted by atomic mass is 19.1. The molecular formula is C29H36FN5O4. The van der Waals surface area contributed by atoms with E-state index in [2.05, 4.69) is 25.6 Å². The Bertz CT molecular complexity index is 1370. The minimum Gasteiger partial charge on any atom is -0.492 e. The van der Waals surface area contributed by atoms with Crippen molar-refractivity contribution < 1.29 is 23.5 Å². The van der Waals surface area contributed by atoms with Gasteiger partial charge in [-0.2, -0.15) is 0 Å². The van der Waals surface area contributed by atoms with Crippen LogP contribution in [0.15, 0.2) is 24.5 Å². The smallest absolute Gasteiger partial charge is 0.407 e. The minimum atomic E-state index is -0.544. The Morgan fingerprint density at radius 2 is 1.74 bits per heavy atom. The molecule has 2 heterocycles. The zero-order valence-corrected chi connectivity index (χ0v) is 22.9. The van der Waals surface area contributed by atoms with Gasteiger partial charge in [0.25, 0.3) is 5.91 Å². The summed E-state index contributed by atoms with van der Waals surface area (Å²) in [6.07, 6.45) is 6.23. The number of hydrogen-bond acceptors (Lipinski definition) is 6. The first kappa shape index (κ1) is 26.9. The van der Waals surface area contributed by atoms with Crippen molar-refractivity contribution in [2.45, 2.75) is 83.9 Å². The van der Waals surface area contributed by atoms with Crippen LogP contribution in [0.3, 0.4) is 0 Å². The Hall–Kier alpha value is -3.69. The number of alkyl carbamates (subject to hydrolysis) is 1. The minimum absolute atomic E-state index is 0.0145. The lowest BCUT2D eigenvalue weighted by atomic mass is 9.91. The average Bonchev–Trinajstić information content (AvgIpc) is 3.62. The van der Waals surface area contributed by atoms with Gasteiger partial charge in [0.05, 0.1) is 17.7 Å². The molecule has 2 aliphatic rings. The van der Waals surface area contributed by atoms with E-state index in [-0.39, 0.29) is 23.8 Å². The number of carbonyl (C=O) groups is 2. The average molecular weight is 538 g/mol. The standard InChI is InChI=1S/C29H36FN5O4/c1-16-23(27(36)34-19-8-10-20(11-9-19)35-28(37)39-29(2,3)4)25-26(33-16)24(31-15-32-25)21-12-7-18(30)13-22(21)38-14-17-5-6-17/h7,12-13,15,17,19-20,33H,5-6,8-11,14H2,1-4H3,(H,34,36)(H,35,37). The third-order valence-electron chi connectivity index (χ3n) is 7.15. The van der Waals surface area contributed by atoms with Crippen molar-refractivity contribution in [1.82, 2.24) is 25.6 Å². The van der Waals surface area contributed by atoms with Gasteiger partial charge >= 0.3 is 6.09 Å². The van der Waals surface area contributed by atoms with Crippen molar-refractivity contribution in [3.05, 3.63) is 41.6 Å². The predicted octanol–water partition coefficient (Wildman–Crippen LogP) is 5.43. The zero-order valence-electron chi connectivity index (χ0n) is 22.9. The Morgan fingerprint density at radius 3 is 2.41 bits per heavy atom. The molecule has 0 radical (unpaired) electrons. The van der Waals surface area contributed by atoms with Gasteiger partial charge in [0.1, 0.15) is 34.7 Å². The number of nitrogens with zero attached hydrogens (tertiary/aromatic N) is 2. The highest BCUT2D eigenvalue weighted by Gasteiger charge is 2.28. The molecule has 0 aliphatic heterocycles. The highest BCUT2D eigenvalue weighted by Crippen LogP contribution is 2.37. The van der Waals surface area contributed by atoms with Gasteiger partial charge in [0, 0.05) is 29.4 Å². The molecule has 3 N–H and O–H groups in total. The molecule has 0 spiro atoms. The molecule has 39 heavy (non-hydrogen) atoms. The third-order valence-corrected chi connectivity index (χ3v) is 7.15. The number of aromatic amines is 1. The van der Waals surface area contributed by atoms with Crippen LogP contribution in [0.2, 0.25) is 0 Å². The van der Waals surface area contributed by atoms with Crippen LogP contribution in [0, 0.1) is 18.7 Å². The number of halogens is 1. The number of H-pyrrole nitrogens is 1. The van der Waals surface area contributed by atoms with Gasteiger partial charge < -0.3 is 25.1 Å². The number of aromatic nitrogens is 3. The first-order valence-corrected chi connectivity index (χ1v) is 13.6. The van der Waals surface area contributed by atoms with Crippen molar-refractivity contribution >= 4 is 23.0 Å². The maximum atomic E-state index is 14.1. The molecule has 0 atom stereocenters. The summed E-state index contributed by atoms with van der Waals surface area (Å²) in [7, 11) is 0. The van der Waals surface area contributed by atoms with Crippen LogP contribution < -0.4 is 15.4 Å². The van der Waals surface area contributed by atoms with Gasteiger partial charge in [-0.05, 0) is 84.3 Å². The maximum absolute atomic E-state index is 14.1. The van der Waals surface area contributed by atoms with Crippen molar-refractivity contribution in [1.29, 1.82) is 0 Å². The van der Waals surface area contributed by atoms with E-state index in [1.807, 2.05) is 27.7 Å². The van der Waals surface area contributed by atoms with Crippen LogP contribution in [0.25, 0.3) is 22.3 Å². The van der Waals surface area contributed by atoms with Crippen LogP contribution in [-0.4, -0.2) is 51.2 Å². The van der Waals surface area contributed by atoms with E-state index in [0.717, 1.165) is 38.5 Å². The number of benzene rings is 1. The number of fused-ring (bicyclic) bond motifs is 1. The molecule has 2 amide bonds. The molecule has 2 aliphatic carbocycles. The SMILES string of the molecule is Cc1[nH]c2c(-c3ccc(F)cc3OCC3CC3)ncnc2c1C(=O)NC1CCC(NC(=O)OC(C)(C)C)CC1. The molecule has 5 rings (SSSR count). The predicted molar refractivity (Wildman–Crippen MR) is 145 cm³/mol. The Kier molecular flexibility index (Phi) is 7.46. The summed E-state index contributed by atoms with van der Waals surface area (Å²) >= 11 is 0. The van der Waals surface area contributed by atoms with Crippen LogP contribution >= 0.6 is 0 Å². The fourth-order valence-electron chi connectivity index (χ4n) is 5.02. The molecular weight excluding hydrogens is 501 g/mol. The van der Waals surface area contributed by atoms with Gasteiger partial charge in [0.2, 0.25) is 0 Å². The number of hydrogen-bond donors (Lipinski definition) is 3. The summed E-state index contributed by atoms with van der Waals surface area (Å²) in [5, 5.41) is 6.08. The molecule has 2 saturated carbocycles. The lowest BCUT2D eigenvalue weighted by molar-refractivity contribution is 0.0488. The largest absolute Gasteiger partial charge is 0.492 e. The number of carbonyl (C=O) groups excluding carboxylic acids is 2. The molecule has 208 valence electrons. The number of aryl methyl sites for hydroxylation is 1. The number of nitrogens with one attached hydrogen (secondary N) is 3. The lowest BCUT2D eigenvalue weighted by Crippen LogP contribution is -2.45. The molecule has 0 unspecified atom stereocenters. The Balaban J connectivity index is 1.29. The van der Waals surface area contributed by atoms with E-state index in [1.54, 1.807) is 6.07 Å². The van der Waals surface area contributed by atoms with E-state index in [0.29, 0.717) is 51.8 Å². The molecule has 9 nitrogen and oxygen atoms in total. The number of rotatable bonds is 7. The zero-order chi connectivity index (χ0) is 27.7. The maximum Gasteiger partial charge on any atom is 0.407 e. The van der Waals surface area contributed by atoms with Crippen molar-refractivity contribution in [2.75, 3.05) is 6.61 Å². The second-order valence-electron chi connectivity index (χ2n) is 11.6. The van der Waals surface area contributed by atoms with Crippen molar-refractivity contribution in [3.8, 4) is 17.0 Å². The van der Waals surface area contributed by atoms with Crippen molar-refractivity contribution in [3.63, 3.8) is 0 Å². The summed E-state index contributed by atoms with van der Waals surface area (Å²) in [4.78, 5) is 37.7. The number of amides is 2. The molecule has 2 fully saturated rings. The normalized spacial score (nSPS) is 19.5. The van der Waals surface area contributed by atoms with Crippen LogP contribution in [0.4, 0.5) is 9.18 Å². The summed E-state index contributed by atoms with van der Waals surface area (Å²) < 4.78 is 25.4. The topological polar surface area (TPSA) is 118 Å². The van der Waals surface area contributed by atoms with Crippen molar-refractivity contribution in [2.24, 2.45) is 5.92 Å². The van der Waals surface area contributed by atoms with E-state index in [1.165, 1.54) is 18.5 Å². The van der Waals surface area contributed by atoms with Gasteiger partial charge in [-0.15, -0.1) is 0 Å². The highest BCUT2D eigenvalue weighted by molar-refractivity contribution is 6.09. The van der Waals surface area contributed by atoms with Crippen LogP contribution in [-0.2, 0) is 4.74 Å². The first-order chi connectivity index (χ1) is 18.6. The summed E-state index contributed by atoms with van der Waals surface area (Å²) in [6, 6.07) is 4.41. The quantitative estimate of drug-likeness (QED) is 0.370. The second-order valence-corrected chi connectivity index (χ2v) is 11.6. The third kappa shape index (κ3) is 6.49. The summed E-state index contributed by atoms with van der Waals surface area (Å²) in [6.45, 7) is 7.87. The van der Waals surface area contributed by atoms with Gasteiger partial charge in [0.15, 0.2) is 0 Å². The molecule has 10 heteroatoms. The molecule has 3 aromatic rings. The fraction of sp³-hybridized carbons (Fsp3) is 0.517. The molecule has 2 aromatic heterocycles. The monoisotopic (exact) mass is 537 g/mol. The fourth-order valence-corrected chi connectivity index (χ4v) is 5.02. The van der Waals surface area contributed by atoms with E-state index in [9.17, 15) is 14.0 Å². The summed E-state index contributed by atoms with van der Waals surface area (Å²) in [5.74, 6) is 0.347. The summed E-state index contributed by atoms with van der Waals surface area (Å²) in [5.41, 5.74) is 2.91. The van der Waals surface area contributed by atoms with Crippen LogP contribution in [0.1, 0.15) is 75.3 Å². The lowest BCUT2D eigenvalue weighted by Gasteiger charge is -2.30. The molecule has 1 aromatic carbocycles. The Morgan fingerprint density at radius 1 is 1.05 bits per heavy atom. The van der Waals surface area contributed by atoms with E-state index in [4.69, 9.17) is 9.47 Å². The number of ether oxygens (including phenoxy) is 2. The van der Waals surface area contributed by atoms with E-state index >= 15 is 0 Å². The Labute approximate surface area is 227 Å². The van der Waals surface area contributed by atoms with E-state index < -0.39 is 11.7 Å². The molecule has 0 saturated heterocycles. The van der Waals surface area contributed by atoms with Gasteiger partial charge in [-0.25, -0.2) is 19.2 Å².